The van der Waals surface area contributed by atoms with Crippen molar-refractivity contribution in [3.05, 3.63) is 55.2 Å². The van der Waals surface area contributed by atoms with Crippen LogP contribution in [0.3, 0.4) is 0 Å². The van der Waals surface area contributed by atoms with Gasteiger partial charge >= 0.3 is 0 Å². The van der Waals surface area contributed by atoms with E-state index in [1.165, 1.54) is 26.4 Å². The van der Waals surface area contributed by atoms with E-state index in [0.29, 0.717) is 0 Å². The van der Waals surface area contributed by atoms with E-state index in [4.69, 9.17) is 11.6 Å². The first-order valence-electron chi connectivity index (χ1n) is 6.02. The molecule has 0 nitrogen and oxygen atoms in total. The fraction of sp³-hybridized carbons (Fsp3) is 0.333. The Kier molecular flexibility index (Phi) is 4.52. The summed E-state index contributed by atoms with van der Waals surface area (Å²) >= 11 is 12.0. The first-order chi connectivity index (χ1) is 8.52. The molecule has 18 heavy (non-hydrogen) atoms. The fourth-order valence-corrected chi connectivity index (χ4v) is 3.80. The van der Waals surface area contributed by atoms with Gasteiger partial charge in [0.25, 0.3) is 0 Å². The Morgan fingerprint density at radius 2 is 1.94 bits per heavy atom. The predicted octanol–water partition coefficient (Wildman–Crippen LogP) is 6.02. The van der Waals surface area contributed by atoms with Crippen molar-refractivity contribution in [1.82, 2.24) is 0 Å². The minimum atomic E-state index is -0.0397. The number of alkyl halides is 1. The number of hydrogen-bond donors (Lipinski definition) is 0. The molecule has 0 bridgehead atoms. The lowest BCUT2D eigenvalue weighted by molar-refractivity contribution is 1.13. The minimum absolute atomic E-state index is 0.0397. The smallest absolute Gasteiger partial charge is 0.0930 e. The average molecular weight is 344 g/mol. The topological polar surface area (TPSA) is 0 Å². The Balaban J connectivity index is 2.39. The van der Waals surface area contributed by atoms with E-state index in [1.54, 1.807) is 0 Å². The highest BCUT2D eigenvalue weighted by molar-refractivity contribution is 9.10. The third kappa shape index (κ3) is 2.81. The molecule has 1 unspecified atom stereocenters. The van der Waals surface area contributed by atoms with Crippen LogP contribution in [-0.2, 0) is 6.42 Å². The van der Waals surface area contributed by atoms with Crippen LogP contribution in [0.5, 0.6) is 0 Å². The summed E-state index contributed by atoms with van der Waals surface area (Å²) < 4.78 is 1.15. The Hall–Kier alpha value is -0.310. The number of benzene rings is 1. The summed E-state index contributed by atoms with van der Waals surface area (Å²) in [6.45, 7) is 6.39. The van der Waals surface area contributed by atoms with Crippen molar-refractivity contribution in [2.24, 2.45) is 0 Å². The SMILES string of the molecule is CCc1ccc(C(Cl)c2cc(C)c(Br)cc2C)s1. The highest BCUT2D eigenvalue weighted by atomic mass is 79.9. The number of thiophene rings is 1. The molecular weight excluding hydrogens is 328 g/mol. The van der Waals surface area contributed by atoms with E-state index in [1.807, 2.05) is 11.3 Å². The fourth-order valence-electron chi connectivity index (χ4n) is 1.95. The third-order valence-electron chi connectivity index (χ3n) is 3.10. The molecule has 0 radical (unpaired) electrons. The lowest BCUT2D eigenvalue weighted by atomic mass is 10.0. The third-order valence-corrected chi connectivity index (χ3v) is 5.85. The van der Waals surface area contributed by atoms with Gasteiger partial charge < -0.3 is 0 Å². The standard InChI is InChI=1S/C15H16BrClS/c1-4-11-5-6-14(18-11)15(17)12-7-10(3)13(16)8-9(12)2/h5-8,15H,4H2,1-3H3. The van der Waals surface area contributed by atoms with Gasteiger partial charge in [-0.15, -0.1) is 22.9 Å². The first kappa shape index (κ1) is 14.1. The summed E-state index contributed by atoms with van der Waals surface area (Å²) in [6.07, 6.45) is 1.08. The number of aryl methyl sites for hydroxylation is 3. The molecule has 0 saturated heterocycles. The van der Waals surface area contributed by atoms with Gasteiger partial charge in [0.15, 0.2) is 0 Å². The Bertz CT molecular complexity index is 560. The van der Waals surface area contributed by atoms with Crippen LogP contribution in [0.1, 0.15) is 38.7 Å². The summed E-state index contributed by atoms with van der Waals surface area (Å²) in [6, 6.07) is 8.66. The highest BCUT2D eigenvalue weighted by Gasteiger charge is 2.16. The molecule has 0 fully saturated rings. The van der Waals surface area contributed by atoms with Gasteiger partial charge in [0.2, 0.25) is 0 Å². The van der Waals surface area contributed by atoms with Crippen molar-refractivity contribution in [1.29, 1.82) is 0 Å². The Labute approximate surface area is 126 Å². The molecule has 0 spiro atoms. The van der Waals surface area contributed by atoms with E-state index in [9.17, 15) is 0 Å². The maximum absolute atomic E-state index is 6.63. The van der Waals surface area contributed by atoms with Crippen molar-refractivity contribution in [2.75, 3.05) is 0 Å². The van der Waals surface area contributed by atoms with Crippen LogP contribution in [0.25, 0.3) is 0 Å². The van der Waals surface area contributed by atoms with Crippen molar-refractivity contribution in [3.8, 4) is 0 Å². The molecule has 2 rings (SSSR count). The van der Waals surface area contributed by atoms with E-state index in [-0.39, 0.29) is 5.38 Å². The summed E-state index contributed by atoms with van der Waals surface area (Å²) in [7, 11) is 0. The maximum atomic E-state index is 6.63. The van der Waals surface area contributed by atoms with Gasteiger partial charge in [0.05, 0.1) is 5.38 Å². The normalized spacial score (nSPS) is 12.7. The van der Waals surface area contributed by atoms with Crippen LogP contribution in [0.15, 0.2) is 28.7 Å². The number of halogens is 2. The van der Waals surface area contributed by atoms with Crippen molar-refractivity contribution >= 4 is 38.9 Å². The van der Waals surface area contributed by atoms with Crippen molar-refractivity contribution < 1.29 is 0 Å². The molecule has 2 aromatic rings. The summed E-state index contributed by atoms with van der Waals surface area (Å²) in [5.74, 6) is 0. The molecule has 0 aliphatic heterocycles. The Morgan fingerprint density at radius 3 is 2.56 bits per heavy atom. The molecule has 1 atom stereocenters. The molecule has 0 aliphatic carbocycles. The molecule has 1 heterocycles. The van der Waals surface area contributed by atoms with Gasteiger partial charge in [-0.25, -0.2) is 0 Å². The van der Waals surface area contributed by atoms with Crippen LogP contribution in [0.2, 0.25) is 0 Å². The lowest BCUT2D eigenvalue weighted by Gasteiger charge is -2.13. The average Bonchev–Trinajstić information content (AvgIpc) is 2.81. The maximum Gasteiger partial charge on any atom is 0.0930 e. The molecule has 0 aliphatic rings. The second-order valence-electron chi connectivity index (χ2n) is 4.48. The summed E-state index contributed by atoms with van der Waals surface area (Å²) in [5.41, 5.74) is 3.68. The quantitative estimate of drug-likeness (QED) is 0.598. The van der Waals surface area contributed by atoms with Gasteiger partial charge in [-0.3, -0.25) is 0 Å². The minimum Gasteiger partial charge on any atom is -0.143 e. The lowest BCUT2D eigenvalue weighted by Crippen LogP contribution is -1.95. The monoisotopic (exact) mass is 342 g/mol. The molecule has 1 aromatic carbocycles. The van der Waals surface area contributed by atoms with E-state index in [0.717, 1.165) is 10.9 Å². The Morgan fingerprint density at radius 1 is 1.22 bits per heavy atom. The highest BCUT2D eigenvalue weighted by Crippen LogP contribution is 2.37. The van der Waals surface area contributed by atoms with Crippen LogP contribution in [0.4, 0.5) is 0 Å². The zero-order chi connectivity index (χ0) is 13.3. The van der Waals surface area contributed by atoms with Crippen LogP contribution in [0, 0.1) is 13.8 Å². The van der Waals surface area contributed by atoms with Gasteiger partial charge in [0, 0.05) is 14.2 Å². The molecule has 96 valence electrons. The summed E-state index contributed by atoms with van der Waals surface area (Å²) in [4.78, 5) is 2.63. The summed E-state index contributed by atoms with van der Waals surface area (Å²) in [5, 5.41) is -0.0397. The molecular formula is C15H16BrClS. The van der Waals surface area contributed by atoms with E-state index in [2.05, 4.69) is 61.0 Å². The molecule has 0 amide bonds. The van der Waals surface area contributed by atoms with Gasteiger partial charge in [0.1, 0.15) is 0 Å². The van der Waals surface area contributed by atoms with Crippen molar-refractivity contribution in [3.63, 3.8) is 0 Å². The van der Waals surface area contributed by atoms with Crippen LogP contribution in [-0.4, -0.2) is 0 Å². The zero-order valence-electron chi connectivity index (χ0n) is 10.8. The largest absolute Gasteiger partial charge is 0.143 e. The zero-order valence-corrected chi connectivity index (χ0v) is 13.9. The van der Waals surface area contributed by atoms with E-state index >= 15 is 0 Å². The second kappa shape index (κ2) is 5.77. The molecule has 0 saturated carbocycles. The van der Waals surface area contributed by atoms with Crippen molar-refractivity contribution in [2.45, 2.75) is 32.6 Å². The van der Waals surface area contributed by atoms with Gasteiger partial charge in [-0.2, -0.15) is 0 Å². The number of hydrogen-bond acceptors (Lipinski definition) is 1. The molecule has 3 heteroatoms. The predicted molar refractivity (Wildman–Crippen MR) is 85.0 cm³/mol. The van der Waals surface area contributed by atoms with Gasteiger partial charge in [-0.05, 0) is 55.2 Å². The number of rotatable bonds is 3. The molecule has 1 aromatic heterocycles. The van der Waals surface area contributed by atoms with Crippen LogP contribution < -0.4 is 0 Å². The van der Waals surface area contributed by atoms with Gasteiger partial charge in [-0.1, -0.05) is 28.9 Å². The van der Waals surface area contributed by atoms with E-state index < -0.39 is 0 Å². The van der Waals surface area contributed by atoms with Crippen LogP contribution >= 0.6 is 38.9 Å². The first-order valence-corrected chi connectivity index (χ1v) is 8.06. The second-order valence-corrected chi connectivity index (χ2v) is 6.97. The molecule has 0 N–H and O–H groups in total.